The third-order valence-electron chi connectivity index (χ3n) is 5.15. The van der Waals surface area contributed by atoms with Gasteiger partial charge in [-0.15, -0.1) is 0 Å². The Kier molecular flexibility index (Phi) is 5.44. The number of halogens is 1. The number of ether oxygens (including phenoxy) is 1. The first-order valence-electron chi connectivity index (χ1n) is 8.52. The van der Waals surface area contributed by atoms with E-state index in [-0.39, 0.29) is 5.92 Å². The van der Waals surface area contributed by atoms with Gasteiger partial charge in [-0.2, -0.15) is 0 Å². The zero-order chi connectivity index (χ0) is 16.2. The molecule has 23 heavy (non-hydrogen) atoms. The van der Waals surface area contributed by atoms with Gasteiger partial charge in [0.25, 0.3) is 0 Å². The van der Waals surface area contributed by atoms with E-state index in [0.29, 0.717) is 11.8 Å². The number of rotatable bonds is 3. The SMILES string of the molecule is C[C@H](C(=O)N1CCN(c2ccc(Cl)cc2)CC1)C1CCOCC1. The molecule has 1 amide bonds. The Morgan fingerprint density at radius 2 is 1.74 bits per heavy atom. The second kappa shape index (κ2) is 7.54. The van der Waals surface area contributed by atoms with Gasteiger partial charge in [0.05, 0.1) is 0 Å². The molecule has 3 rings (SSSR count). The normalized spacial score (nSPS) is 21.3. The van der Waals surface area contributed by atoms with Crippen molar-refractivity contribution >= 4 is 23.2 Å². The van der Waals surface area contributed by atoms with Crippen LogP contribution in [0.4, 0.5) is 5.69 Å². The molecule has 0 radical (unpaired) electrons. The molecule has 2 aliphatic heterocycles. The standard InChI is InChI=1S/C18H25ClN2O2/c1-14(15-6-12-23-13-7-15)18(22)21-10-8-20(9-11-21)17-4-2-16(19)3-5-17/h2-5,14-15H,6-13H2,1H3/t14-/m0/s1. The van der Waals surface area contributed by atoms with Crippen molar-refractivity contribution in [3.63, 3.8) is 0 Å². The highest BCUT2D eigenvalue weighted by Crippen LogP contribution is 2.26. The predicted molar refractivity (Wildman–Crippen MR) is 93.0 cm³/mol. The van der Waals surface area contributed by atoms with Gasteiger partial charge >= 0.3 is 0 Å². The lowest BCUT2D eigenvalue weighted by atomic mass is 9.86. The lowest BCUT2D eigenvalue weighted by Gasteiger charge is -2.38. The summed E-state index contributed by atoms with van der Waals surface area (Å²) in [5.41, 5.74) is 1.18. The number of hydrogen-bond donors (Lipinski definition) is 0. The van der Waals surface area contributed by atoms with Crippen LogP contribution in [0.15, 0.2) is 24.3 Å². The van der Waals surface area contributed by atoms with Crippen molar-refractivity contribution in [1.29, 1.82) is 0 Å². The van der Waals surface area contributed by atoms with Crippen LogP contribution in [0.5, 0.6) is 0 Å². The van der Waals surface area contributed by atoms with Crippen LogP contribution in [0.2, 0.25) is 5.02 Å². The lowest BCUT2D eigenvalue weighted by Crippen LogP contribution is -2.51. The molecule has 0 N–H and O–H groups in total. The minimum absolute atomic E-state index is 0.112. The largest absolute Gasteiger partial charge is 0.381 e. The molecule has 4 nitrogen and oxygen atoms in total. The minimum Gasteiger partial charge on any atom is -0.381 e. The number of amides is 1. The average Bonchev–Trinajstić information content (AvgIpc) is 2.62. The zero-order valence-electron chi connectivity index (χ0n) is 13.7. The maximum absolute atomic E-state index is 12.7. The molecule has 2 heterocycles. The van der Waals surface area contributed by atoms with Gasteiger partial charge in [-0.3, -0.25) is 4.79 Å². The molecule has 1 aromatic carbocycles. The van der Waals surface area contributed by atoms with Crippen LogP contribution >= 0.6 is 11.6 Å². The minimum atomic E-state index is 0.112. The molecule has 0 bridgehead atoms. The third-order valence-corrected chi connectivity index (χ3v) is 5.40. The average molecular weight is 337 g/mol. The fraction of sp³-hybridized carbons (Fsp3) is 0.611. The van der Waals surface area contributed by atoms with Crippen molar-refractivity contribution in [1.82, 2.24) is 4.90 Å². The summed E-state index contributed by atoms with van der Waals surface area (Å²) in [7, 11) is 0. The van der Waals surface area contributed by atoms with Crippen molar-refractivity contribution in [2.75, 3.05) is 44.3 Å². The van der Waals surface area contributed by atoms with Gasteiger partial charge in [0.15, 0.2) is 0 Å². The predicted octanol–water partition coefficient (Wildman–Crippen LogP) is 3.05. The Hall–Kier alpha value is -1.26. The van der Waals surface area contributed by atoms with Crippen molar-refractivity contribution in [3.05, 3.63) is 29.3 Å². The smallest absolute Gasteiger partial charge is 0.225 e. The van der Waals surface area contributed by atoms with Crippen LogP contribution in [0.1, 0.15) is 19.8 Å². The first-order chi connectivity index (χ1) is 11.1. The zero-order valence-corrected chi connectivity index (χ0v) is 14.5. The Balaban J connectivity index is 1.53. The van der Waals surface area contributed by atoms with Crippen molar-refractivity contribution in [2.45, 2.75) is 19.8 Å². The fourth-order valence-electron chi connectivity index (χ4n) is 3.54. The topological polar surface area (TPSA) is 32.8 Å². The van der Waals surface area contributed by atoms with E-state index >= 15 is 0 Å². The molecule has 1 aromatic rings. The van der Waals surface area contributed by atoms with Gasteiger partial charge < -0.3 is 14.5 Å². The second-order valence-electron chi connectivity index (χ2n) is 6.53. The van der Waals surface area contributed by atoms with Crippen LogP contribution in [0.25, 0.3) is 0 Å². The number of carbonyl (C=O) groups is 1. The number of carbonyl (C=O) groups excluding carboxylic acids is 1. The first kappa shape index (κ1) is 16.6. The van der Waals surface area contributed by atoms with Crippen LogP contribution < -0.4 is 4.90 Å². The molecule has 2 saturated heterocycles. The Morgan fingerprint density at radius 3 is 2.35 bits per heavy atom. The third kappa shape index (κ3) is 3.99. The highest BCUT2D eigenvalue weighted by molar-refractivity contribution is 6.30. The van der Waals surface area contributed by atoms with Crippen LogP contribution in [0.3, 0.4) is 0 Å². The van der Waals surface area contributed by atoms with Gasteiger partial charge in [-0.05, 0) is 43.0 Å². The molecule has 0 unspecified atom stereocenters. The summed E-state index contributed by atoms with van der Waals surface area (Å²) < 4.78 is 5.41. The van der Waals surface area contributed by atoms with E-state index in [9.17, 15) is 4.79 Å². The monoisotopic (exact) mass is 336 g/mol. The van der Waals surface area contributed by atoms with Gasteiger partial charge in [-0.1, -0.05) is 18.5 Å². The Labute approximate surface area is 143 Å². The maximum atomic E-state index is 12.7. The Bertz CT molecular complexity index is 520. The van der Waals surface area contributed by atoms with E-state index in [2.05, 4.69) is 11.8 Å². The molecule has 2 aliphatic rings. The number of nitrogens with zero attached hydrogens (tertiary/aromatic N) is 2. The summed E-state index contributed by atoms with van der Waals surface area (Å²) in [6.45, 7) is 7.05. The fourth-order valence-corrected chi connectivity index (χ4v) is 3.67. The van der Waals surface area contributed by atoms with E-state index in [1.807, 2.05) is 29.2 Å². The van der Waals surface area contributed by atoms with Crippen molar-refractivity contribution < 1.29 is 9.53 Å². The molecule has 1 atom stereocenters. The summed E-state index contributed by atoms with van der Waals surface area (Å²) in [6.07, 6.45) is 2.02. The van der Waals surface area contributed by atoms with Gasteiger partial charge in [0, 0.05) is 56.0 Å². The van der Waals surface area contributed by atoms with Crippen molar-refractivity contribution in [3.8, 4) is 0 Å². The molecule has 0 spiro atoms. The number of anilines is 1. The van der Waals surface area contributed by atoms with Crippen LogP contribution in [-0.2, 0) is 9.53 Å². The van der Waals surface area contributed by atoms with Crippen LogP contribution in [0, 0.1) is 11.8 Å². The molecule has 0 saturated carbocycles. The molecule has 0 aromatic heterocycles. The second-order valence-corrected chi connectivity index (χ2v) is 6.96. The molecule has 0 aliphatic carbocycles. The number of piperazine rings is 1. The van der Waals surface area contributed by atoms with E-state index in [0.717, 1.165) is 57.3 Å². The molecule has 2 fully saturated rings. The molecular formula is C18H25ClN2O2. The molecule has 5 heteroatoms. The summed E-state index contributed by atoms with van der Waals surface area (Å²) in [6, 6.07) is 7.93. The summed E-state index contributed by atoms with van der Waals surface area (Å²) in [4.78, 5) is 17.1. The van der Waals surface area contributed by atoms with Crippen molar-refractivity contribution in [2.24, 2.45) is 11.8 Å². The quantitative estimate of drug-likeness (QED) is 0.850. The van der Waals surface area contributed by atoms with E-state index < -0.39 is 0 Å². The number of benzene rings is 1. The van der Waals surface area contributed by atoms with E-state index in [1.54, 1.807) is 0 Å². The summed E-state index contributed by atoms with van der Waals surface area (Å²) in [5.74, 6) is 0.902. The first-order valence-corrected chi connectivity index (χ1v) is 8.90. The van der Waals surface area contributed by atoms with Gasteiger partial charge in [0.1, 0.15) is 0 Å². The molecule has 126 valence electrons. The highest BCUT2D eigenvalue weighted by Gasteiger charge is 2.30. The maximum Gasteiger partial charge on any atom is 0.225 e. The molecular weight excluding hydrogens is 312 g/mol. The van der Waals surface area contributed by atoms with Gasteiger partial charge in [-0.25, -0.2) is 0 Å². The number of hydrogen-bond acceptors (Lipinski definition) is 3. The van der Waals surface area contributed by atoms with E-state index in [4.69, 9.17) is 16.3 Å². The lowest BCUT2D eigenvalue weighted by molar-refractivity contribution is -0.138. The van der Waals surface area contributed by atoms with E-state index in [1.165, 1.54) is 5.69 Å². The Morgan fingerprint density at radius 1 is 1.13 bits per heavy atom. The summed E-state index contributed by atoms with van der Waals surface area (Å²) in [5, 5.41) is 0.757. The summed E-state index contributed by atoms with van der Waals surface area (Å²) >= 11 is 5.94. The highest BCUT2D eigenvalue weighted by atomic mass is 35.5. The van der Waals surface area contributed by atoms with Gasteiger partial charge in [0.2, 0.25) is 5.91 Å². The van der Waals surface area contributed by atoms with Crippen LogP contribution in [-0.4, -0.2) is 50.2 Å².